The molecule has 2 fully saturated rings. The minimum Gasteiger partial charge on any atom is -0.357 e. The van der Waals surface area contributed by atoms with Crippen LogP contribution in [0.3, 0.4) is 0 Å². The zero-order chi connectivity index (χ0) is 15.8. The highest BCUT2D eigenvalue weighted by Gasteiger charge is 2.21. The second-order valence-electron chi connectivity index (χ2n) is 6.69. The fourth-order valence-electron chi connectivity index (χ4n) is 3.48. The van der Waals surface area contributed by atoms with Crippen molar-refractivity contribution in [1.82, 2.24) is 15.5 Å². The zero-order valence-electron chi connectivity index (χ0n) is 14.6. The van der Waals surface area contributed by atoms with Crippen molar-refractivity contribution in [2.45, 2.75) is 52.4 Å². The Morgan fingerprint density at radius 2 is 1.83 bits per heavy atom. The van der Waals surface area contributed by atoms with Crippen molar-refractivity contribution in [3.8, 4) is 0 Å². The summed E-state index contributed by atoms with van der Waals surface area (Å²) in [5, 5.41) is 6.69. The average molecular weight is 436 g/mol. The third-order valence-corrected chi connectivity index (χ3v) is 5.00. The van der Waals surface area contributed by atoms with Gasteiger partial charge in [-0.1, -0.05) is 26.2 Å². The summed E-state index contributed by atoms with van der Waals surface area (Å²) in [7, 11) is 0. The van der Waals surface area contributed by atoms with Crippen molar-refractivity contribution in [2.24, 2.45) is 16.8 Å². The quantitative estimate of drug-likeness (QED) is 0.396. The Bertz CT molecular complexity index is 383. The fraction of sp³-hybridized carbons (Fsp3) is 0.882. The Morgan fingerprint density at radius 1 is 1.13 bits per heavy atom. The number of carbonyl (C=O) groups excluding carboxylic acids is 1. The lowest BCUT2D eigenvalue weighted by Gasteiger charge is -2.29. The molecule has 1 saturated heterocycles. The number of hydrogen-bond donors (Lipinski definition) is 2. The van der Waals surface area contributed by atoms with Gasteiger partial charge in [-0.3, -0.25) is 4.79 Å². The zero-order valence-corrected chi connectivity index (χ0v) is 17.0. The summed E-state index contributed by atoms with van der Waals surface area (Å²) in [6.45, 7) is 8.26. The molecule has 1 saturated carbocycles. The molecule has 0 spiro atoms. The molecule has 2 aliphatic rings. The molecular weight excluding hydrogens is 403 g/mol. The second-order valence-corrected chi connectivity index (χ2v) is 6.69. The van der Waals surface area contributed by atoms with E-state index in [9.17, 15) is 4.79 Å². The van der Waals surface area contributed by atoms with Gasteiger partial charge in [-0.2, -0.15) is 0 Å². The predicted molar refractivity (Wildman–Crippen MR) is 106 cm³/mol. The summed E-state index contributed by atoms with van der Waals surface area (Å²) in [5.74, 6) is 2.45. The van der Waals surface area contributed by atoms with Crippen LogP contribution < -0.4 is 10.6 Å². The van der Waals surface area contributed by atoms with Crippen LogP contribution >= 0.6 is 24.0 Å². The van der Waals surface area contributed by atoms with Gasteiger partial charge < -0.3 is 15.5 Å². The van der Waals surface area contributed by atoms with E-state index in [1.807, 2.05) is 4.90 Å². The van der Waals surface area contributed by atoms with Crippen LogP contribution in [-0.2, 0) is 4.79 Å². The van der Waals surface area contributed by atoms with E-state index in [-0.39, 0.29) is 36.4 Å². The van der Waals surface area contributed by atoms with E-state index in [2.05, 4.69) is 29.5 Å². The fourth-order valence-corrected chi connectivity index (χ4v) is 3.48. The summed E-state index contributed by atoms with van der Waals surface area (Å²) in [6, 6.07) is 0. The molecule has 0 aromatic rings. The Kier molecular flexibility index (Phi) is 9.90. The normalized spacial score (nSPS) is 25.0. The molecule has 0 bridgehead atoms. The van der Waals surface area contributed by atoms with Crippen LogP contribution in [0.4, 0.5) is 0 Å². The summed E-state index contributed by atoms with van der Waals surface area (Å²) in [6.07, 6.45) is 7.63. The van der Waals surface area contributed by atoms with E-state index in [0.717, 1.165) is 56.8 Å². The van der Waals surface area contributed by atoms with Gasteiger partial charge in [0.1, 0.15) is 6.54 Å². The monoisotopic (exact) mass is 436 g/mol. The van der Waals surface area contributed by atoms with Gasteiger partial charge in [-0.15, -0.1) is 24.0 Å². The van der Waals surface area contributed by atoms with Crippen LogP contribution in [0.1, 0.15) is 52.4 Å². The Morgan fingerprint density at radius 3 is 2.48 bits per heavy atom. The van der Waals surface area contributed by atoms with Crippen LogP contribution in [0, 0.1) is 11.8 Å². The number of carbonyl (C=O) groups is 1. The van der Waals surface area contributed by atoms with Crippen molar-refractivity contribution in [1.29, 1.82) is 0 Å². The topological polar surface area (TPSA) is 56.7 Å². The second kappa shape index (κ2) is 11.1. The van der Waals surface area contributed by atoms with Crippen LogP contribution in [-0.4, -0.2) is 49.5 Å². The lowest BCUT2D eigenvalue weighted by molar-refractivity contribution is -0.128. The number of amides is 1. The predicted octanol–water partition coefficient (Wildman–Crippen LogP) is 2.61. The van der Waals surface area contributed by atoms with Gasteiger partial charge in [0.25, 0.3) is 0 Å². The highest BCUT2D eigenvalue weighted by molar-refractivity contribution is 14.0. The third-order valence-electron chi connectivity index (χ3n) is 5.00. The van der Waals surface area contributed by atoms with Crippen molar-refractivity contribution < 1.29 is 4.79 Å². The van der Waals surface area contributed by atoms with Gasteiger partial charge >= 0.3 is 0 Å². The number of aliphatic imine (C=N–C) groups is 1. The number of nitrogens with one attached hydrogen (secondary N) is 2. The lowest BCUT2D eigenvalue weighted by atomic mass is 9.80. The summed E-state index contributed by atoms with van der Waals surface area (Å²) >= 11 is 0. The van der Waals surface area contributed by atoms with Gasteiger partial charge in [0.2, 0.25) is 5.91 Å². The van der Waals surface area contributed by atoms with Gasteiger partial charge in [-0.25, -0.2) is 4.99 Å². The van der Waals surface area contributed by atoms with Crippen LogP contribution in [0.25, 0.3) is 0 Å². The minimum atomic E-state index is 0. The first-order valence-corrected chi connectivity index (χ1v) is 9.00. The lowest BCUT2D eigenvalue weighted by Crippen LogP contribution is -2.42. The van der Waals surface area contributed by atoms with E-state index >= 15 is 0 Å². The molecule has 2 atom stereocenters. The molecule has 23 heavy (non-hydrogen) atoms. The van der Waals surface area contributed by atoms with Crippen molar-refractivity contribution >= 4 is 35.8 Å². The molecule has 2 rings (SSSR count). The van der Waals surface area contributed by atoms with E-state index in [1.54, 1.807) is 0 Å². The number of halogens is 1. The first-order chi connectivity index (χ1) is 10.7. The van der Waals surface area contributed by atoms with Crippen molar-refractivity contribution in [3.05, 3.63) is 0 Å². The van der Waals surface area contributed by atoms with Crippen molar-refractivity contribution in [3.63, 3.8) is 0 Å². The van der Waals surface area contributed by atoms with E-state index in [4.69, 9.17) is 0 Å². The SMILES string of the molecule is CCNC(=NCC(=O)N1CCCC1)NCC1CCCCC1C.I. The van der Waals surface area contributed by atoms with Crippen LogP contribution in [0.2, 0.25) is 0 Å². The Balaban J connectivity index is 0.00000264. The molecule has 0 aromatic carbocycles. The molecule has 6 heteroatoms. The molecule has 5 nitrogen and oxygen atoms in total. The molecule has 1 aliphatic heterocycles. The van der Waals surface area contributed by atoms with Gasteiger partial charge in [-0.05, 0) is 38.0 Å². The first-order valence-electron chi connectivity index (χ1n) is 9.00. The maximum absolute atomic E-state index is 12.1. The standard InChI is InChI=1S/C17H32N4O.HI/c1-3-18-17(19-12-15-9-5-4-8-14(15)2)20-13-16(22)21-10-6-7-11-21;/h14-15H,3-13H2,1-2H3,(H2,18,19,20);1H. The Labute approximate surface area is 158 Å². The molecule has 2 unspecified atom stereocenters. The number of likely N-dealkylation sites (tertiary alicyclic amines) is 1. The molecule has 0 radical (unpaired) electrons. The molecule has 2 N–H and O–H groups in total. The van der Waals surface area contributed by atoms with Gasteiger partial charge in [0.15, 0.2) is 5.96 Å². The van der Waals surface area contributed by atoms with Crippen molar-refractivity contribution in [2.75, 3.05) is 32.7 Å². The number of rotatable bonds is 5. The van der Waals surface area contributed by atoms with Crippen LogP contribution in [0.15, 0.2) is 4.99 Å². The van der Waals surface area contributed by atoms with Crippen LogP contribution in [0.5, 0.6) is 0 Å². The van der Waals surface area contributed by atoms with Gasteiger partial charge in [0.05, 0.1) is 0 Å². The highest BCUT2D eigenvalue weighted by Crippen LogP contribution is 2.28. The summed E-state index contributed by atoms with van der Waals surface area (Å²) in [4.78, 5) is 18.5. The van der Waals surface area contributed by atoms with E-state index in [1.165, 1.54) is 25.7 Å². The number of nitrogens with zero attached hydrogens (tertiary/aromatic N) is 2. The largest absolute Gasteiger partial charge is 0.357 e. The summed E-state index contributed by atoms with van der Waals surface area (Å²) in [5.41, 5.74) is 0. The smallest absolute Gasteiger partial charge is 0.244 e. The maximum Gasteiger partial charge on any atom is 0.244 e. The molecule has 0 aromatic heterocycles. The summed E-state index contributed by atoms with van der Waals surface area (Å²) < 4.78 is 0. The maximum atomic E-state index is 12.1. The minimum absolute atomic E-state index is 0. The molecule has 1 amide bonds. The molecular formula is C17H33IN4O. The third kappa shape index (κ3) is 6.85. The van der Waals surface area contributed by atoms with E-state index < -0.39 is 0 Å². The first kappa shape index (κ1) is 20.5. The molecule has 134 valence electrons. The molecule has 1 heterocycles. The molecule has 1 aliphatic carbocycles. The van der Waals surface area contributed by atoms with Gasteiger partial charge in [0, 0.05) is 26.2 Å². The highest BCUT2D eigenvalue weighted by atomic mass is 127. The number of guanidine groups is 1. The number of hydrogen-bond acceptors (Lipinski definition) is 2. The Hall–Kier alpha value is -0.530. The average Bonchev–Trinajstić information content (AvgIpc) is 3.05. The van der Waals surface area contributed by atoms with E-state index in [0.29, 0.717) is 0 Å².